The highest BCUT2D eigenvalue weighted by Crippen LogP contribution is 2.21. The van der Waals surface area contributed by atoms with Gasteiger partial charge in [-0.2, -0.15) is 0 Å². The SMILES string of the molecule is O=C(Cc1c[nH]c2ccccc12)Nc1ccc(NS(=O)(=O)c2ccc(F)c(F)c2)cc1. The van der Waals surface area contributed by atoms with Gasteiger partial charge in [0.15, 0.2) is 11.6 Å². The van der Waals surface area contributed by atoms with Crippen molar-refractivity contribution in [2.45, 2.75) is 11.3 Å². The molecule has 0 saturated heterocycles. The maximum Gasteiger partial charge on any atom is 0.261 e. The van der Waals surface area contributed by atoms with Crippen molar-refractivity contribution in [2.75, 3.05) is 10.0 Å². The van der Waals surface area contributed by atoms with Gasteiger partial charge in [-0.3, -0.25) is 9.52 Å². The molecule has 0 saturated carbocycles. The highest BCUT2D eigenvalue weighted by Gasteiger charge is 2.17. The van der Waals surface area contributed by atoms with Crippen molar-refractivity contribution in [3.05, 3.63) is 90.1 Å². The molecule has 158 valence electrons. The topological polar surface area (TPSA) is 91.1 Å². The van der Waals surface area contributed by atoms with Crippen LogP contribution in [0.4, 0.5) is 20.2 Å². The number of fused-ring (bicyclic) bond motifs is 1. The molecule has 3 N–H and O–H groups in total. The van der Waals surface area contributed by atoms with Gasteiger partial charge in [0, 0.05) is 28.5 Å². The number of benzene rings is 3. The van der Waals surface area contributed by atoms with Crippen molar-refractivity contribution in [1.82, 2.24) is 4.98 Å². The molecule has 0 unspecified atom stereocenters. The van der Waals surface area contributed by atoms with Gasteiger partial charge in [-0.25, -0.2) is 17.2 Å². The van der Waals surface area contributed by atoms with E-state index in [4.69, 9.17) is 0 Å². The number of hydrogen-bond acceptors (Lipinski definition) is 3. The third-order valence-corrected chi connectivity index (χ3v) is 6.03. The molecule has 3 aromatic carbocycles. The minimum Gasteiger partial charge on any atom is -0.361 e. The average molecular weight is 441 g/mol. The number of halogens is 2. The molecule has 0 aliphatic carbocycles. The number of H-pyrrole nitrogens is 1. The summed E-state index contributed by atoms with van der Waals surface area (Å²) in [5.74, 6) is -2.61. The Bertz CT molecular complexity index is 1370. The Morgan fingerprint density at radius 3 is 2.35 bits per heavy atom. The monoisotopic (exact) mass is 441 g/mol. The summed E-state index contributed by atoms with van der Waals surface area (Å²) in [6.45, 7) is 0. The number of carbonyl (C=O) groups excluding carboxylic acids is 1. The van der Waals surface area contributed by atoms with Crippen molar-refractivity contribution >= 4 is 38.2 Å². The second-order valence-corrected chi connectivity index (χ2v) is 8.53. The Labute approximate surface area is 177 Å². The van der Waals surface area contributed by atoms with Crippen LogP contribution in [0.5, 0.6) is 0 Å². The van der Waals surface area contributed by atoms with E-state index in [1.54, 1.807) is 6.20 Å². The molecule has 0 bridgehead atoms. The molecular formula is C22H17F2N3O3S. The van der Waals surface area contributed by atoms with E-state index in [2.05, 4.69) is 15.0 Å². The van der Waals surface area contributed by atoms with Crippen LogP contribution in [0, 0.1) is 11.6 Å². The summed E-state index contributed by atoms with van der Waals surface area (Å²) in [5, 5.41) is 3.73. The van der Waals surface area contributed by atoms with Crippen molar-refractivity contribution in [3.63, 3.8) is 0 Å². The summed E-state index contributed by atoms with van der Waals surface area (Å²) < 4.78 is 53.3. The summed E-state index contributed by atoms with van der Waals surface area (Å²) in [4.78, 5) is 15.1. The number of aromatic nitrogens is 1. The van der Waals surface area contributed by atoms with E-state index in [9.17, 15) is 22.0 Å². The van der Waals surface area contributed by atoms with Gasteiger partial charge >= 0.3 is 0 Å². The van der Waals surface area contributed by atoms with Crippen LogP contribution in [0.1, 0.15) is 5.56 Å². The zero-order valence-electron chi connectivity index (χ0n) is 16.0. The summed E-state index contributed by atoms with van der Waals surface area (Å²) in [6, 6.07) is 16.0. The first kappa shape index (κ1) is 20.5. The fraction of sp³-hybridized carbons (Fsp3) is 0.0455. The van der Waals surface area contributed by atoms with Gasteiger partial charge in [0.2, 0.25) is 5.91 Å². The largest absolute Gasteiger partial charge is 0.361 e. The van der Waals surface area contributed by atoms with Gasteiger partial charge in [0.05, 0.1) is 11.3 Å². The van der Waals surface area contributed by atoms with Crippen LogP contribution >= 0.6 is 0 Å². The Kier molecular flexibility index (Phi) is 5.43. The summed E-state index contributed by atoms with van der Waals surface area (Å²) in [5.41, 5.74) is 2.51. The highest BCUT2D eigenvalue weighted by atomic mass is 32.2. The van der Waals surface area contributed by atoms with Crippen LogP contribution in [-0.4, -0.2) is 19.3 Å². The predicted molar refractivity (Wildman–Crippen MR) is 114 cm³/mol. The van der Waals surface area contributed by atoms with Crippen molar-refractivity contribution in [2.24, 2.45) is 0 Å². The van der Waals surface area contributed by atoms with Crippen LogP contribution in [0.3, 0.4) is 0 Å². The zero-order valence-corrected chi connectivity index (χ0v) is 16.8. The molecule has 1 aromatic heterocycles. The van der Waals surface area contributed by atoms with E-state index in [1.807, 2.05) is 24.3 Å². The fourth-order valence-corrected chi connectivity index (χ4v) is 4.21. The lowest BCUT2D eigenvalue weighted by Gasteiger charge is -2.10. The second-order valence-electron chi connectivity index (χ2n) is 6.84. The first-order chi connectivity index (χ1) is 14.8. The molecule has 0 radical (unpaired) electrons. The van der Waals surface area contributed by atoms with Crippen LogP contribution in [0.25, 0.3) is 10.9 Å². The Hall–Kier alpha value is -3.72. The van der Waals surface area contributed by atoms with E-state index in [-0.39, 0.29) is 18.0 Å². The standard InChI is InChI=1S/C22H17F2N3O3S/c23-19-10-9-17(12-20(19)24)31(29,30)27-16-7-5-15(6-8-16)26-22(28)11-14-13-25-21-4-2-1-3-18(14)21/h1-10,12-13,25,27H,11H2,(H,26,28). The molecule has 1 heterocycles. The molecule has 0 atom stereocenters. The van der Waals surface area contributed by atoms with Crippen LogP contribution in [0.2, 0.25) is 0 Å². The number of carbonyl (C=O) groups is 1. The van der Waals surface area contributed by atoms with Crippen LogP contribution in [0.15, 0.2) is 77.8 Å². The molecule has 0 fully saturated rings. The third-order valence-electron chi connectivity index (χ3n) is 4.65. The molecule has 31 heavy (non-hydrogen) atoms. The number of sulfonamides is 1. The van der Waals surface area contributed by atoms with Gasteiger partial charge in [0.25, 0.3) is 10.0 Å². The van der Waals surface area contributed by atoms with Crippen molar-refractivity contribution in [1.29, 1.82) is 0 Å². The summed E-state index contributed by atoms with van der Waals surface area (Å²) >= 11 is 0. The number of rotatable bonds is 6. The number of aromatic amines is 1. The fourth-order valence-electron chi connectivity index (χ4n) is 3.14. The molecule has 0 aliphatic heterocycles. The van der Waals surface area contributed by atoms with E-state index >= 15 is 0 Å². The lowest BCUT2D eigenvalue weighted by molar-refractivity contribution is -0.115. The molecule has 4 aromatic rings. The third kappa shape index (κ3) is 4.56. The quantitative estimate of drug-likeness (QED) is 0.413. The molecule has 0 spiro atoms. The van der Waals surface area contributed by atoms with E-state index in [0.717, 1.165) is 28.6 Å². The minimum absolute atomic E-state index is 0.175. The van der Waals surface area contributed by atoms with Crippen molar-refractivity contribution < 1.29 is 22.0 Å². The van der Waals surface area contributed by atoms with Gasteiger partial charge in [-0.05, 0) is 54.1 Å². The molecule has 4 rings (SSSR count). The zero-order chi connectivity index (χ0) is 22.0. The molecule has 1 amide bonds. The van der Waals surface area contributed by atoms with Crippen LogP contribution in [-0.2, 0) is 21.2 Å². The molecule has 0 aliphatic rings. The lowest BCUT2D eigenvalue weighted by atomic mass is 10.1. The van der Waals surface area contributed by atoms with Gasteiger partial charge in [-0.1, -0.05) is 18.2 Å². The normalized spacial score (nSPS) is 11.4. The number of para-hydroxylation sites is 1. The van der Waals surface area contributed by atoms with Gasteiger partial charge < -0.3 is 10.3 Å². The number of anilines is 2. The number of amides is 1. The predicted octanol–water partition coefficient (Wildman–Crippen LogP) is 4.43. The summed E-state index contributed by atoms with van der Waals surface area (Å²) in [6.07, 6.45) is 1.97. The molecule has 6 nitrogen and oxygen atoms in total. The first-order valence-electron chi connectivity index (χ1n) is 9.24. The molecule has 9 heteroatoms. The van der Waals surface area contributed by atoms with E-state index in [0.29, 0.717) is 11.8 Å². The Morgan fingerprint density at radius 1 is 0.903 bits per heavy atom. The first-order valence-corrected chi connectivity index (χ1v) is 10.7. The second kappa shape index (κ2) is 8.19. The van der Waals surface area contributed by atoms with Crippen molar-refractivity contribution in [3.8, 4) is 0 Å². The Balaban J connectivity index is 1.42. The Morgan fingerprint density at radius 2 is 1.61 bits per heavy atom. The number of hydrogen-bond donors (Lipinski definition) is 3. The van der Waals surface area contributed by atoms with E-state index < -0.39 is 26.6 Å². The minimum atomic E-state index is -4.09. The average Bonchev–Trinajstić information content (AvgIpc) is 3.14. The summed E-state index contributed by atoms with van der Waals surface area (Å²) in [7, 11) is -4.09. The maximum absolute atomic E-state index is 13.3. The van der Waals surface area contributed by atoms with E-state index in [1.165, 1.54) is 24.3 Å². The van der Waals surface area contributed by atoms with Gasteiger partial charge in [-0.15, -0.1) is 0 Å². The maximum atomic E-state index is 13.3. The van der Waals surface area contributed by atoms with Gasteiger partial charge in [0.1, 0.15) is 0 Å². The number of nitrogens with one attached hydrogen (secondary N) is 3. The highest BCUT2D eigenvalue weighted by molar-refractivity contribution is 7.92. The smallest absolute Gasteiger partial charge is 0.261 e. The van der Waals surface area contributed by atoms with Crippen LogP contribution < -0.4 is 10.0 Å². The molecular weight excluding hydrogens is 424 g/mol. The lowest BCUT2D eigenvalue weighted by Crippen LogP contribution is -2.15.